The number of nitrogens with one attached hydrogen (secondary N) is 1. The molecule has 0 radical (unpaired) electrons. The lowest BCUT2D eigenvalue weighted by atomic mass is 10.0. The molecule has 0 aliphatic heterocycles. The molecule has 0 fully saturated rings. The molecule has 3 aromatic heterocycles. The van der Waals surface area contributed by atoms with Gasteiger partial charge in [-0.15, -0.1) is 0 Å². The maximum atomic E-state index is 13.0. The van der Waals surface area contributed by atoms with Gasteiger partial charge in [0.05, 0.1) is 17.3 Å². The fourth-order valence-electron chi connectivity index (χ4n) is 3.27. The zero-order chi connectivity index (χ0) is 20.4. The van der Waals surface area contributed by atoms with E-state index in [2.05, 4.69) is 15.3 Å². The molecule has 146 valence electrons. The van der Waals surface area contributed by atoms with Crippen LogP contribution < -0.4 is 10.9 Å². The van der Waals surface area contributed by atoms with Gasteiger partial charge < -0.3 is 15.0 Å². The van der Waals surface area contributed by atoms with Crippen LogP contribution in [0.15, 0.2) is 35.4 Å². The standard InChI is InChI=1S/C21H24N4O3/c1-5-6-19(27)17-7-12(2)16(11-22-17)15-8-14-10-23-20(24-13(3)26)9-18(14)25(4)21(15)28/h7-11,19,27H,5-6H2,1-4H3,(H,23,24,26)/t19-/m0/s1. The maximum Gasteiger partial charge on any atom is 0.258 e. The number of carbonyl (C=O) groups is 1. The predicted octanol–water partition coefficient (Wildman–Crippen LogP) is 3.10. The van der Waals surface area contributed by atoms with Gasteiger partial charge >= 0.3 is 0 Å². The molecular weight excluding hydrogens is 356 g/mol. The molecule has 0 bridgehead atoms. The van der Waals surface area contributed by atoms with E-state index in [1.54, 1.807) is 31.6 Å². The number of fused-ring (bicyclic) bond motifs is 1. The van der Waals surface area contributed by atoms with Gasteiger partial charge in [0.1, 0.15) is 5.82 Å². The Bertz CT molecular complexity index is 1100. The number of amides is 1. The quantitative estimate of drug-likeness (QED) is 0.709. The molecule has 0 spiro atoms. The fourth-order valence-corrected chi connectivity index (χ4v) is 3.27. The lowest BCUT2D eigenvalue weighted by Crippen LogP contribution is -2.20. The van der Waals surface area contributed by atoms with Gasteiger partial charge in [-0.25, -0.2) is 4.98 Å². The molecule has 3 heterocycles. The summed E-state index contributed by atoms with van der Waals surface area (Å²) in [6.45, 7) is 5.32. The number of carbonyl (C=O) groups excluding carboxylic acids is 1. The molecular formula is C21H24N4O3. The molecule has 7 heteroatoms. The van der Waals surface area contributed by atoms with Crippen molar-refractivity contribution in [2.75, 3.05) is 5.32 Å². The van der Waals surface area contributed by atoms with Crippen molar-refractivity contribution in [3.8, 4) is 11.1 Å². The first-order chi connectivity index (χ1) is 13.3. The summed E-state index contributed by atoms with van der Waals surface area (Å²) in [6.07, 6.45) is 4.18. The van der Waals surface area contributed by atoms with Gasteiger partial charge in [-0.05, 0) is 31.0 Å². The Morgan fingerprint density at radius 2 is 1.96 bits per heavy atom. The van der Waals surface area contributed by atoms with E-state index in [4.69, 9.17) is 0 Å². The zero-order valence-electron chi connectivity index (χ0n) is 16.5. The average Bonchev–Trinajstić information content (AvgIpc) is 2.65. The summed E-state index contributed by atoms with van der Waals surface area (Å²) >= 11 is 0. The molecule has 2 N–H and O–H groups in total. The number of aliphatic hydroxyl groups is 1. The van der Waals surface area contributed by atoms with Gasteiger partial charge in [0.15, 0.2) is 0 Å². The van der Waals surface area contributed by atoms with E-state index in [1.807, 2.05) is 19.9 Å². The summed E-state index contributed by atoms with van der Waals surface area (Å²) in [5, 5.41) is 13.6. The third-order valence-corrected chi connectivity index (χ3v) is 4.74. The second kappa shape index (κ2) is 7.90. The number of pyridine rings is 3. The van der Waals surface area contributed by atoms with Crippen molar-refractivity contribution in [2.24, 2.45) is 7.05 Å². The number of anilines is 1. The van der Waals surface area contributed by atoms with Crippen LogP contribution in [0.2, 0.25) is 0 Å². The van der Waals surface area contributed by atoms with E-state index < -0.39 is 6.10 Å². The first-order valence-corrected chi connectivity index (χ1v) is 9.24. The third kappa shape index (κ3) is 3.80. The van der Waals surface area contributed by atoms with Crippen molar-refractivity contribution in [3.05, 3.63) is 52.2 Å². The summed E-state index contributed by atoms with van der Waals surface area (Å²) in [7, 11) is 1.69. The van der Waals surface area contributed by atoms with E-state index in [1.165, 1.54) is 11.5 Å². The van der Waals surface area contributed by atoms with E-state index >= 15 is 0 Å². The minimum atomic E-state index is -0.603. The van der Waals surface area contributed by atoms with Crippen molar-refractivity contribution in [1.29, 1.82) is 0 Å². The second-order valence-corrected chi connectivity index (χ2v) is 6.96. The van der Waals surface area contributed by atoms with Crippen LogP contribution in [-0.2, 0) is 11.8 Å². The van der Waals surface area contributed by atoms with Crippen LogP contribution in [-0.4, -0.2) is 25.5 Å². The first kappa shape index (κ1) is 19.7. The maximum absolute atomic E-state index is 13.0. The third-order valence-electron chi connectivity index (χ3n) is 4.74. The highest BCUT2D eigenvalue weighted by Gasteiger charge is 2.15. The van der Waals surface area contributed by atoms with Crippen LogP contribution in [0.5, 0.6) is 0 Å². The number of aliphatic hydroxyl groups excluding tert-OH is 1. The lowest BCUT2D eigenvalue weighted by molar-refractivity contribution is -0.114. The second-order valence-electron chi connectivity index (χ2n) is 6.96. The Kier molecular flexibility index (Phi) is 5.56. The van der Waals surface area contributed by atoms with Crippen LogP contribution in [0.3, 0.4) is 0 Å². The molecule has 0 aromatic carbocycles. The van der Waals surface area contributed by atoms with Crippen LogP contribution in [0.1, 0.15) is 44.1 Å². The topological polar surface area (TPSA) is 97.1 Å². The number of nitrogens with zero attached hydrogens (tertiary/aromatic N) is 3. The Morgan fingerprint density at radius 3 is 2.61 bits per heavy atom. The lowest BCUT2D eigenvalue weighted by Gasteiger charge is -2.14. The van der Waals surface area contributed by atoms with Gasteiger partial charge in [-0.2, -0.15) is 0 Å². The minimum Gasteiger partial charge on any atom is -0.387 e. The summed E-state index contributed by atoms with van der Waals surface area (Å²) in [5.74, 6) is 0.176. The molecule has 28 heavy (non-hydrogen) atoms. The molecule has 0 aliphatic rings. The monoisotopic (exact) mass is 380 g/mol. The van der Waals surface area contributed by atoms with Crippen molar-refractivity contribution >= 4 is 22.6 Å². The highest BCUT2D eigenvalue weighted by atomic mass is 16.3. The number of aromatic nitrogens is 3. The molecule has 1 amide bonds. The molecule has 0 unspecified atom stereocenters. The highest BCUT2D eigenvalue weighted by Crippen LogP contribution is 2.26. The number of hydrogen-bond donors (Lipinski definition) is 2. The number of rotatable bonds is 5. The summed E-state index contributed by atoms with van der Waals surface area (Å²) < 4.78 is 1.54. The van der Waals surface area contributed by atoms with E-state index in [9.17, 15) is 14.7 Å². The van der Waals surface area contributed by atoms with Crippen LogP contribution >= 0.6 is 0 Å². The van der Waals surface area contributed by atoms with Gasteiger partial charge in [0.25, 0.3) is 5.56 Å². The normalized spacial score (nSPS) is 12.2. The molecule has 0 saturated carbocycles. The van der Waals surface area contributed by atoms with E-state index in [0.717, 1.165) is 22.9 Å². The molecule has 0 aliphatic carbocycles. The fraction of sp³-hybridized carbons (Fsp3) is 0.333. The number of aryl methyl sites for hydroxylation is 2. The molecule has 3 aromatic rings. The average molecular weight is 380 g/mol. The first-order valence-electron chi connectivity index (χ1n) is 9.24. The largest absolute Gasteiger partial charge is 0.387 e. The SMILES string of the molecule is CCC[C@H](O)c1cc(C)c(-c2cc3cnc(NC(C)=O)cc3n(C)c2=O)cn1. The Hall–Kier alpha value is -3.06. The molecule has 3 rings (SSSR count). The van der Waals surface area contributed by atoms with Crippen LogP contribution in [0.4, 0.5) is 5.82 Å². The molecule has 0 saturated heterocycles. The minimum absolute atomic E-state index is 0.167. The van der Waals surface area contributed by atoms with Crippen molar-refractivity contribution in [3.63, 3.8) is 0 Å². The van der Waals surface area contributed by atoms with Gasteiger partial charge in [-0.1, -0.05) is 13.3 Å². The van der Waals surface area contributed by atoms with E-state index in [-0.39, 0.29) is 11.5 Å². The summed E-state index contributed by atoms with van der Waals surface area (Å²) in [5.41, 5.74) is 3.24. The van der Waals surface area contributed by atoms with Gasteiger partial charge in [0.2, 0.25) is 5.91 Å². The molecule has 7 nitrogen and oxygen atoms in total. The Labute approximate surface area is 163 Å². The van der Waals surface area contributed by atoms with Crippen LogP contribution in [0, 0.1) is 6.92 Å². The highest BCUT2D eigenvalue weighted by molar-refractivity contribution is 5.91. The van der Waals surface area contributed by atoms with Crippen molar-refractivity contribution < 1.29 is 9.90 Å². The van der Waals surface area contributed by atoms with Crippen molar-refractivity contribution in [1.82, 2.24) is 14.5 Å². The van der Waals surface area contributed by atoms with Gasteiger partial charge in [-0.3, -0.25) is 14.6 Å². The van der Waals surface area contributed by atoms with Crippen LogP contribution in [0.25, 0.3) is 22.0 Å². The van der Waals surface area contributed by atoms with Crippen molar-refractivity contribution in [2.45, 2.75) is 39.7 Å². The number of hydrogen-bond acceptors (Lipinski definition) is 5. The smallest absolute Gasteiger partial charge is 0.258 e. The Balaban J connectivity index is 2.10. The Morgan fingerprint density at radius 1 is 1.21 bits per heavy atom. The zero-order valence-corrected chi connectivity index (χ0v) is 16.5. The predicted molar refractivity (Wildman–Crippen MR) is 109 cm³/mol. The summed E-state index contributed by atoms with van der Waals surface area (Å²) in [4.78, 5) is 32.8. The summed E-state index contributed by atoms with van der Waals surface area (Å²) in [6, 6.07) is 5.29. The van der Waals surface area contributed by atoms with Gasteiger partial charge in [0, 0.05) is 48.9 Å². The van der Waals surface area contributed by atoms with E-state index in [0.29, 0.717) is 29.0 Å². The molecule has 1 atom stereocenters.